The lowest BCUT2D eigenvalue weighted by molar-refractivity contribution is 0.304. The van der Waals surface area contributed by atoms with E-state index in [2.05, 4.69) is 5.10 Å². The fourth-order valence-electron chi connectivity index (χ4n) is 4.66. The van der Waals surface area contributed by atoms with Gasteiger partial charge < -0.3 is 4.74 Å². The molecule has 1 aliphatic carbocycles. The highest BCUT2D eigenvalue weighted by atomic mass is 32.2. The zero-order chi connectivity index (χ0) is 21.3. The van der Waals surface area contributed by atoms with Gasteiger partial charge in [-0.15, -0.1) is 0 Å². The molecule has 0 N–H and O–H groups in total. The maximum absolute atomic E-state index is 13.0. The van der Waals surface area contributed by atoms with Crippen molar-refractivity contribution < 1.29 is 13.2 Å². The van der Waals surface area contributed by atoms with E-state index in [-0.39, 0.29) is 22.5 Å². The van der Waals surface area contributed by atoms with Crippen molar-refractivity contribution in [2.24, 2.45) is 7.05 Å². The summed E-state index contributed by atoms with van der Waals surface area (Å²) in [5.74, 6) is 1.59. The van der Waals surface area contributed by atoms with Gasteiger partial charge in [0.15, 0.2) is 0 Å². The standard InChI is InChI=1S/C21H30N4O4S/c1-3-29-18-8-10-19(11-9-18)30(27,28)24-14-12-16(13-15-24)20-22-23(2)21(26)25(20)17-6-4-5-7-17/h8-11,16-17H,3-7,12-15H2,1-2H3. The summed E-state index contributed by atoms with van der Waals surface area (Å²) in [5.41, 5.74) is -0.0543. The van der Waals surface area contributed by atoms with Gasteiger partial charge in [0.1, 0.15) is 11.6 Å². The predicted octanol–water partition coefficient (Wildman–Crippen LogP) is 2.66. The molecule has 1 aliphatic heterocycles. The van der Waals surface area contributed by atoms with Crippen molar-refractivity contribution in [2.75, 3.05) is 19.7 Å². The Kier molecular flexibility index (Phi) is 6.02. The number of aromatic nitrogens is 3. The second-order valence-electron chi connectivity index (χ2n) is 8.16. The maximum Gasteiger partial charge on any atom is 0.345 e. The van der Waals surface area contributed by atoms with E-state index >= 15 is 0 Å². The normalized spacial score (nSPS) is 19.4. The van der Waals surface area contributed by atoms with E-state index in [4.69, 9.17) is 4.74 Å². The Hall–Kier alpha value is -2.13. The molecule has 4 rings (SSSR count). The predicted molar refractivity (Wildman–Crippen MR) is 113 cm³/mol. The molecule has 0 atom stereocenters. The van der Waals surface area contributed by atoms with Gasteiger partial charge in [0, 0.05) is 32.1 Å². The van der Waals surface area contributed by atoms with Crippen LogP contribution in [0.2, 0.25) is 0 Å². The Balaban J connectivity index is 1.49. The number of hydrogen-bond donors (Lipinski definition) is 0. The molecular formula is C21H30N4O4S. The molecule has 1 saturated heterocycles. The SMILES string of the molecule is CCOc1ccc(S(=O)(=O)N2CCC(c3nn(C)c(=O)n3C3CCCC3)CC2)cc1. The monoisotopic (exact) mass is 434 g/mol. The molecule has 0 bridgehead atoms. The first-order valence-electron chi connectivity index (χ1n) is 10.8. The molecule has 2 aliphatic rings. The highest BCUT2D eigenvalue weighted by Crippen LogP contribution is 2.34. The fraction of sp³-hybridized carbons (Fsp3) is 0.619. The Bertz CT molecular complexity index is 1030. The number of nitrogens with zero attached hydrogens (tertiary/aromatic N) is 4. The topological polar surface area (TPSA) is 86.4 Å². The Labute approximate surface area is 177 Å². The minimum absolute atomic E-state index is 0.0543. The van der Waals surface area contributed by atoms with E-state index in [1.807, 2.05) is 11.5 Å². The first-order valence-corrected chi connectivity index (χ1v) is 12.2. The largest absolute Gasteiger partial charge is 0.494 e. The summed E-state index contributed by atoms with van der Waals surface area (Å²) in [7, 11) is -1.85. The van der Waals surface area contributed by atoms with E-state index in [0.717, 1.165) is 31.5 Å². The number of ether oxygens (including phenoxy) is 1. The number of sulfonamides is 1. The van der Waals surface area contributed by atoms with Crippen LogP contribution in [-0.2, 0) is 17.1 Å². The lowest BCUT2D eigenvalue weighted by atomic mass is 9.97. The Morgan fingerprint density at radius 2 is 1.70 bits per heavy atom. The first-order chi connectivity index (χ1) is 14.4. The van der Waals surface area contributed by atoms with Crippen molar-refractivity contribution in [1.82, 2.24) is 18.7 Å². The summed E-state index contributed by atoms with van der Waals surface area (Å²) in [6.45, 7) is 3.28. The first kappa shape index (κ1) is 21.1. The number of hydrogen-bond acceptors (Lipinski definition) is 5. The van der Waals surface area contributed by atoms with Crippen LogP contribution in [0.4, 0.5) is 0 Å². The van der Waals surface area contributed by atoms with Crippen molar-refractivity contribution in [3.8, 4) is 5.75 Å². The van der Waals surface area contributed by atoms with Crippen LogP contribution >= 0.6 is 0 Å². The lowest BCUT2D eigenvalue weighted by Crippen LogP contribution is -2.38. The van der Waals surface area contributed by atoms with Crippen LogP contribution in [0.25, 0.3) is 0 Å². The molecule has 2 aromatic rings. The van der Waals surface area contributed by atoms with Crippen LogP contribution in [0.5, 0.6) is 5.75 Å². The van der Waals surface area contributed by atoms with Gasteiger partial charge in [-0.05, 0) is 56.9 Å². The second kappa shape index (κ2) is 8.55. The molecule has 0 amide bonds. The fourth-order valence-corrected chi connectivity index (χ4v) is 6.13. The molecule has 1 aromatic heterocycles. The molecule has 2 heterocycles. The van der Waals surface area contributed by atoms with Crippen LogP contribution < -0.4 is 10.4 Å². The third-order valence-electron chi connectivity index (χ3n) is 6.26. The third kappa shape index (κ3) is 3.92. The van der Waals surface area contributed by atoms with Gasteiger partial charge in [0.05, 0.1) is 11.5 Å². The van der Waals surface area contributed by atoms with Crippen molar-refractivity contribution in [3.05, 3.63) is 40.6 Å². The van der Waals surface area contributed by atoms with Crippen molar-refractivity contribution >= 4 is 10.0 Å². The molecule has 1 saturated carbocycles. The van der Waals surface area contributed by atoms with E-state index in [1.54, 1.807) is 35.6 Å². The van der Waals surface area contributed by atoms with Gasteiger partial charge in [-0.25, -0.2) is 17.9 Å². The molecule has 8 nitrogen and oxygen atoms in total. The summed E-state index contributed by atoms with van der Waals surface area (Å²) in [6, 6.07) is 6.81. The molecule has 1 aromatic carbocycles. The molecule has 0 radical (unpaired) electrons. The molecule has 164 valence electrons. The number of piperidine rings is 1. The van der Waals surface area contributed by atoms with Crippen LogP contribution in [0.3, 0.4) is 0 Å². The summed E-state index contributed by atoms with van der Waals surface area (Å²) in [5, 5.41) is 4.54. The quantitative estimate of drug-likeness (QED) is 0.698. The molecule has 30 heavy (non-hydrogen) atoms. The number of aryl methyl sites for hydroxylation is 1. The van der Waals surface area contributed by atoms with Gasteiger partial charge >= 0.3 is 5.69 Å². The summed E-state index contributed by atoms with van der Waals surface area (Å²) in [4.78, 5) is 12.9. The van der Waals surface area contributed by atoms with Gasteiger partial charge in [-0.1, -0.05) is 12.8 Å². The molecule has 9 heteroatoms. The zero-order valence-electron chi connectivity index (χ0n) is 17.7. The summed E-state index contributed by atoms with van der Waals surface area (Å²) < 4.78 is 36.3. The number of rotatable bonds is 6. The lowest BCUT2D eigenvalue weighted by Gasteiger charge is -2.31. The zero-order valence-corrected chi connectivity index (χ0v) is 18.5. The third-order valence-corrected chi connectivity index (χ3v) is 8.18. The minimum atomic E-state index is -3.54. The number of benzene rings is 1. The Morgan fingerprint density at radius 1 is 1.07 bits per heavy atom. The second-order valence-corrected chi connectivity index (χ2v) is 10.1. The smallest absolute Gasteiger partial charge is 0.345 e. The molecule has 0 spiro atoms. The van der Waals surface area contributed by atoms with Crippen LogP contribution in [0, 0.1) is 0 Å². The van der Waals surface area contributed by atoms with Crippen LogP contribution in [-0.4, -0.2) is 46.8 Å². The van der Waals surface area contributed by atoms with Gasteiger partial charge in [0.25, 0.3) is 0 Å². The average molecular weight is 435 g/mol. The summed E-state index contributed by atoms with van der Waals surface area (Å²) >= 11 is 0. The molecular weight excluding hydrogens is 404 g/mol. The average Bonchev–Trinajstić information content (AvgIpc) is 3.37. The van der Waals surface area contributed by atoms with Crippen molar-refractivity contribution in [1.29, 1.82) is 0 Å². The van der Waals surface area contributed by atoms with Gasteiger partial charge in [0.2, 0.25) is 10.0 Å². The molecule has 2 fully saturated rings. The van der Waals surface area contributed by atoms with E-state index in [9.17, 15) is 13.2 Å². The van der Waals surface area contributed by atoms with E-state index in [0.29, 0.717) is 38.3 Å². The van der Waals surface area contributed by atoms with E-state index in [1.165, 1.54) is 4.68 Å². The highest BCUT2D eigenvalue weighted by molar-refractivity contribution is 7.89. The molecule has 0 unspecified atom stereocenters. The summed E-state index contributed by atoms with van der Waals surface area (Å²) in [6.07, 6.45) is 5.65. The van der Waals surface area contributed by atoms with Gasteiger partial charge in [-0.2, -0.15) is 9.40 Å². The van der Waals surface area contributed by atoms with E-state index < -0.39 is 10.0 Å². The minimum Gasteiger partial charge on any atom is -0.494 e. The Morgan fingerprint density at radius 3 is 2.30 bits per heavy atom. The van der Waals surface area contributed by atoms with Gasteiger partial charge in [-0.3, -0.25) is 4.57 Å². The van der Waals surface area contributed by atoms with Crippen molar-refractivity contribution in [2.45, 2.75) is 62.3 Å². The van der Waals surface area contributed by atoms with Crippen LogP contribution in [0.15, 0.2) is 34.0 Å². The van der Waals surface area contributed by atoms with Crippen molar-refractivity contribution in [3.63, 3.8) is 0 Å². The van der Waals surface area contributed by atoms with Crippen LogP contribution in [0.1, 0.15) is 63.2 Å². The maximum atomic E-state index is 13.0. The highest BCUT2D eigenvalue weighted by Gasteiger charge is 2.34.